The van der Waals surface area contributed by atoms with Gasteiger partial charge in [0.2, 0.25) is 0 Å². The summed E-state index contributed by atoms with van der Waals surface area (Å²) >= 11 is 6.38. The van der Waals surface area contributed by atoms with Crippen LogP contribution >= 0.6 is 11.6 Å². The number of halogens is 1. The number of likely N-dealkylation sites (tertiary alicyclic amines) is 1. The molecule has 0 bridgehead atoms. The van der Waals surface area contributed by atoms with Gasteiger partial charge in [0.25, 0.3) is 0 Å². The van der Waals surface area contributed by atoms with Gasteiger partial charge in [-0.25, -0.2) is 0 Å². The Morgan fingerprint density at radius 3 is 2.89 bits per heavy atom. The van der Waals surface area contributed by atoms with Crippen LogP contribution in [0.4, 0.5) is 5.69 Å². The minimum Gasteiger partial charge on any atom is -0.373 e. The van der Waals surface area contributed by atoms with Crippen LogP contribution in [0.1, 0.15) is 12.0 Å². The molecule has 2 N–H and O–H groups in total. The number of anilines is 1. The first kappa shape index (κ1) is 14.6. The molecule has 0 spiro atoms. The SMILES string of the molecule is CN1CCC(CN(C)c2c(Cl)cccc2CCN)C1. The first-order valence-electron chi connectivity index (χ1n) is 6.99. The summed E-state index contributed by atoms with van der Waals surface area (Å²) in [5, 5.41) is 0.833. The predicted molar refractivity (Wildman–Crippen MR) is 83.1 cm³/mol. The van der Waals surface area contributed by atoms with E-state index in [1.54, 1.807) is 0 Å². The normalized spacial score (nSPS) is 19.9. The summed E-state index contributed by atoms with van der Waals surface area (Å²) in [4.78, 5) is 4.70. The molecule has 0 radical (unpaired) electrons. The van der Waals surface area contributed by atoms with Crippen LogP contribution in [0.15, 0.2) is 18.2 Å². The summed E-state index contributed by atoms with van der Waals surface area (Å²) < 4.78 is 0. The summed E-state index contributed by atoms with van der Waals surface area (Å²) in [6.07, 6.45) is 2.16. The molecule has 1 aliphatic rings. The number of para-hydroxylation sites is 1. The Hall–Kier alpha value is -0.770. The summed E-state index contributed by atoms with van der Waals surface area (Å²) in [6.45, 7) is 4.11. The fraction of sp³-hybridized carbons (Fsp3) is 0.600. The van der Waals surface area contributed by atoms with Gasteiger partial charge in [-0.1, -0.05) is 23.7 Å². The quantitative estimate of drug-likeness (QED) is 0.898. The first-order valence-corrected chi connectivity index (χ1v) is 7.36. The molecule has 0 amide bonds. The summed E-state index contributed by atoms with van der Waals surface area (Å²) in [5.41, 5.74) is 8.10. The van der Waals surface area contributed by atoms with Crippen LogP contribution in [0.2, 0.25) is 5.02 Å². The molecule has 1 aliphatic heterocycles. The third kappa shape index (κ3) is 3.62. The minimum absolute atomic E-state index is 0.660. The average molecular weight is 282 g/mol. The van der Waals surface area contributed by atoms with Crippen molar-refractivity contribution in [3.8, 4) is 0 Å². The number of benzene rings is 1. The van der Waals surface area contributed by atoms with E-state index in [0.717, 1.165) is 29.6 Å². The number of nitrogens with zero attached hydrogens (tertiary/aromatic N) is 2. The maximum absolute atomic E-state index is 6.38. The molecule has 19 heavy (non-hydrogen) atoms. The summed E-state index contributed by atoms with van der Waals surface area (Å²) in [5.74, 6) is 0.733. The molecular formula is C15H24ClN3. The van der Waals surface area contributed by atoms with Crippen molar-refractivity contribution in [3.05, 3.63) is 28.8 Å². The summed E-state index contributed by atoms with van der Waals surface area (Å²) in [6, 6.07) is 6.10. The highest BCUT2D eigenvalue weighted by atomic mass is 35.5. The van der Waals surface area contributed by atoms with Crippen molar-refractivity contribution in [3.63, 3.8) is 0 Å². The van der Waals surface area contributed by atoms with Gasteiger partial charge < -0.3 is 15.5 Å². The van der Waals surface area contributed by atoms with E-state index in [0.29, 0.717) is 6.54 Å². The Bertz CT molecular complexity index is 422. The second kappa shape index (κ2) is 6.60. The zero-order valence-electron chi connectivity index (χ0n) is 11.9. The minimum atomic E-state index is 0.660. The van der Waals surface area contributed by atoms with Crippen molar-refractivity contribution in [2.24, 2.45) is 11.7 Å². The van der Waals surface area contributed by atoms with Gasteiger partial charge in [-0.2, -0.15) is 0 Å². The second-order valence-corrected chi connectivity index (χ2v) is 5.99. The Kier molecular flexibility index (Phi) is 5.08. The molecule has 1 aromatic carbocycles. The third-order valence-corrected chi connectivity index (χ3v) is 4.19. The molecule has 1 aromatic rings. The molecule has 1 saturated heterocycles. The highest BCUT2D eigenvalue weighted by molar-refractivity contribution is 6.33. The van der Waals surface area contributed by atoms with E-state index >= 15 is 0 Å². The highest BCUT2D eigenvalue weighted by Crippen LogP contribution is 2.30. The molecule has 2 rings (SSSR count). The molecule has 0 aromatic heterocycles. The average Bonchev–Trinajstić information content (AvgIpc) is 2.75. The van der Waals surface area contributed by atoms with Crippen LogP contribution in [0, 0.1) is 5.92 Å². The van der Waals surface area contributed by atoms with E-state index in [1.807, 2.05) is 12.1 Å². The van der Waals surface area contributed by atoms with Gasteiger partial charge in [0.05, 0.1) is 10.7 Å². The lowest BCUT2D eigenvalue weighted by Crippen LogP contribution is -2.28. The number of hydrogen-bond donors (Lipinski definition) is 1. The van der Waals surface area contributed by atoms with Crippen LogP contribution in [-0.4, -0.2) is 45.2 Å². The topological polar surface area (TPSA) is 32.5 Å². The van der Waals surface area contributed by atoms with Crippen LogP contribution in [-0.2, 0) is 6.42 Å². The van der Waals surface area contributed by atoms with Gasteiger partial charge in [-0.15, -0.1) is 0 Å². The standard InChI is InChI=1S/C15H24ClN3/c1-18-9-7-12(10-18)11-19(2)15-13(6-8-17)4-3-5-14(15)16/h3-5,12H,6-11,17H2,1-2H3. The third-order valence-electron chi connectivity index (χ3n) is 3.89. The van der Waals surface area contributed by atoms with Gasteiger partial charge in [-0.05, 0) is 50.5 Å². The maximum atomic E-state index is 6.38. The van der Waals surface area contributed by atoms with E-state index in [9.17, 15) is 0 Å². The number of rotatable bonds is 5. The predicted octanol–water partition coefficient (Wildman–Crippen LogP) is 2.23. The second-order valence-electron chi connectivity index (χ2n) is 5.58. The van der Waals surface area contributed by atoms with E-state index < -0.39 is 0 Å². The van der Waals surface area contributed by atoms with Crippen LogP contribution < -0.4 is 10.6 Å². The van der Waals surface area contributed by atoms with Gasteiger partial charge in [0.1, 0.15) is 0 Å². The van der Waals surface area contributed by atoms with E-state index in [-0.39, 0.29) is 0 Å². The van der Waals surface area contributed by atoms with Crippen molar-refractivity contribution >= 4 is 17.3 Å². The van der Waals surface area contributed by atoms with Gasteiger partial charge in [-0.3, -0.25) is 0 Å². The van der Waals surface area contributed by atoms with Gasteiger partial charge >= 0.3 is 0 Å². The van der Waals surface area contributed by atoms with Crippen molar-refractivity contribution in [2.75, 3.05) is 45.2 Å². The van der Waals surface area contributed by atoms with Crippen molar-refractivity contribution in [1.29, 1.82) is 0 Å². The fourth-order valence-corrected chi connectivity index (χ4v) is 3.34. The van der Waals surface area contributed by atoms with E-state index in [1.165, 1.54) is 25.1 Å². The number of nitrogens with two attached hydrogens (primary N) is 1. The monoisotopic (exact) mass is 281 g/mol. The lowest BCUT2D eigenvalue weighted by molar-refractivity contribution is 0.396. The molecule has 0 aliphatic carbocycles. The van der Waals surface area contributed by atoms with Crippen LogP contribution in [0.3, 0.4) is 0 Å². The largest absolute Gasteiger partial charge is 0.373 e. The van der Waals surface area contributed by atoms with Crippen molar-refractivity contribution in [1.82, 2.24) is 4.90 Å². The van der Waals surface area contributed by atoms with Crippen molar-refractivity contribution < 1.29 is 0 Å². The maximum Gasteiger partial charge on any atom is 0.0642 e. The molecule has 1 fully saturated rings. The van der Waals surface area contributed by atoms with Crippen LogP contribution in [0.5, 0.6) is 0 Å². The molecule has 1 atom stereocenters. The van der Waals surface area contributed by atoms with E-state index in [2.05, 4.69) is 30.0 Å². The Balaban J connectivity index is 2.11. The smallest absolute Gasteiger partial charge is 0.0642 e. The van der Waals surface area contributed by atoms with Crippen LogP contribution in [0.25, 0.3) is 0 Å². The fourth-order valence-electron chi connectivity index (χ4n) is 3.00. The lowest BCUT2D eigenvalue weighted by atomic mass is 10.1. The Morgan fingerprint density at radius 1 is 1.47 bits per heavy atom. The summed E-state index contributed by atoms with van der Waals surface area (Å²) in [7, 11) is 4.33. The Morgan fingerprint density at radius 2 is 2.26 bits per heavy atom. The Labute approximate surface area is 121 Å². The molecule has 0 saturated carbocycles. The first-order chi connectivity index (χ1) is 9.11. The van der Waals surface area contributed by atoms with E-state index in [4.69, 9.17) is 17.3 Å². The number of hydrogen-bond acceptors (Lipinski definition) is 3. The molecule has 4 heteroatoms. The van der Waals surface area contributed by atoms with Gasteiger partial charge in [0.15, 0.2) is 0 Å². The molecular weight excluding hydrogens is 258 g/mol. The molecule has 1 heterocycles. The molecule has 106 valence electrons. The molecule has 3 nitrogen and oxygen atoms in total. The van der Waals surface area contributed by atoms with Gasteiger partial charge in [0, 0.05) is 20.1 Å². The molecule has 1 unspecified atom stereocenters. The highest BCUT2D eigenvalue weighted by Gasteiger charge is 2.22. The zero-order valence-corrected chi connectivity index (χ0v) is 12.7. The zero-order chi connectivity index (χ0) is 13.8. The van der Waals surface area contributed by atoms with Crippen molar-refractivity contribution in [2.45, 2.75) is 12.8 Å². The lowest BCUT2D eigenvalue weighted by Gasteiger charge is -2.26.